The lowest BCUT2D eigenvalue weighted by Crippen LogP contribution is -2.14. The minimum Gasteiger partial charge on any atom is -0.339 e. The first-order chi connectivity index (χ1) is 7.56. The summed E-state index contributed by atoms with van der Waals surface area (Å²) >= 11 is 0. The molecule has 16 heavy (non-hydrogen) atoms. The second-order valence-corrected chi connectivity index (χ2v) is 4.68. The number of imidazole rings is 1. The second kappa shape index (κ2) is 4.22. The molecule has 0 aliphatic heterocycles. The zero-order valence-corrected chi connectivity index (χ0v) is 9.99. The van der Waals surface area contributed by atoms with Crippen LogP contribution in [0.25, 0.3) is 11.2 Å². The van der Waals surface area contributed by atoms with Crippen LogP contribution in [0, 0.1) is 12.8 Å². The van der Waals surface area contributed by atoms with E-state index >= 15 is 0 Å². The van der Waals surface area contributed by atoms with Crippen LogP contribution in [0.4, 0.5) is 0 Å². The minimum atomic E-state index is -0.0329. The van der Waals surface area contributed by atoms with Crippen molar-refractivity contribution in [2.24, 2.45) is 11.7 Å². The largest absolute Gasteiger partial charge is 0.339 e. The van der Waals surface area contributed by atoms with Crippen LogP contribution in [0.5, 0.6) is 0 Å². The van der Waals surface area contributed by atoms with Gasteiger partial charge in [0, 0.05) is 5.69 Å². The molecule has 2 heterocycles. The Morgan fingerprint density at radius 2 is 2.06 bits per heavy atom. The summed E-state index contributed by atoms with van der Waals surface area (Å²) in [6, 6.07) is 3.93. The SMILES string of the molecule is Cc1ccc2[nH]c(C(N)CC(C)C)nc2n1. The van der Waals surface area contributed by atoms with Gasteiger partial charge in [-0.15, -0.1) is 0 Å². The molecule has 4 nitrogen and oxygen atoms in total. The molecule has 0 radical (unpaired) electrons. The molecule has 0 aliphatic rings. The van der Waals surface area contributed by atoms with Gasteiger partial charge in [0.2, 0.25) is 0 Å². The molecule has 2 aromatic rings. The number of nitrogens with one attached hydrogen (secondary N) is 1. The number of aromatic nitrogens is 3. The van der Waals surface area contributed by atoms with E-state index in [1.165, 1.54) is 0 Å². The summed E-state index contributed by atoms with van der Waals surface area (Å²) < 4.78 is 0. The maximum atomic E-state index is 6.08. The number of hydrogen-bond donors (Lipinski definition) is 2. The van der Waals surface area contributed by atoms with Crippen LogP contribution in [-0.4, -0.2) is 15.0 Å². The van der Waals surface area contributed by atoms with E-state index in [0.717, 1.165) is 29.1 Å². The Hall–Kier alpha value is -1.42. The number of hydrogen-bond acceptors (Lipinski definition) is 3. The Morgan fingerprint density at radius 1 is 1.31 bits per heavy atom. The van der Waals surface area contributed by atoms with Crippen molar-refractivity contribution >= 4 is 11.2 Å². The van der Waals surface area contributed by atoms with Gasteiger partial charge < -0.3 is 10.7 Å². The van der Waals surface area contributed by atoms with Gasteiger partial charge in [-0.3, -0.25) is 0 Å². The summed E-state index contributed by atoms with van der Waals surface area (Å²) in [5, 5.41) is 0. The van der Waals surface area contributed by atoms with E-state index in [0.29, 0.717) is 5.92 Å². The summed E-state index contributed by atoms with van der Waals surface area (Å²) in [6.07, 6.45) is 0.929. The lowest BCUT2D eigenvalue weighted by atomic mass is 10.0. The Morgan fingerprint density at radius 3 is 2.75 bits per heavy atom. The highest BCUT2D eigenvalue weighted by Crippen LogP contribution is 2.18. The van der Waals surface area contributed by atoms with Crippen LogP contribution in [0.2, 0.25) is 0 Å². The van der Waals surface area contributed by atoms with Gasteiger partial charge in [-0.05, 0) is 31.4 Å². The molecular formula is C12H18N4. The fraction of sp³-hybridized carbons (Fsp3) is 0.500. The second-order valence-electron chi connectivity index (χ2n) is 4.68. The molecule has 0 aliphatic carbocycles. The molecule has 0 amide bonds. The Labute approximate surface area is 95.3 Å². The van der Waals surface area contributed by atoms with Gasteiger partial charge >= 0.3 is 0 Å². The molecule has 0 spiro atoms. The fourth-order valence-electron chi connectivity index (χ4n) is 1.80. The molecule has 0 aromatic carbocycles. The lowest BCUT2D eigenvalue weighted by molar-refractivity contribution is 0.496. The van der Waals surface area contributed by atoms with E-state index in [2.05, 4.69) is 28.8 Å². The molecule has 1 atom stereocenters. The first-order valence-electron chi connectivity index (χ1n) is 5.65. The molecule has 86 valence electrons. The first-order valence-corrected chi connectivity index (χ1v) is 5.65. The Kier molecular flexibility index (Phi) is 2.92. The summed E-state index contributed by atoms with van der Waals surface area (Å²) in [5.41, 5.74) is 8.77. The highest BCUT2D eigenvalue weighted by Gasteiger charge is 2.13. The predicted octanol–water partition coefficient (Wildman–Crippen LogP) is 2.31. The van der Waals surface area contributed by atoms with Crippen molar-refractivity contribution < 1.29 is 0 Å². The molecule has 4 heteroatoms. The summed E-state index contributed by atoms with van der Waals surface area (Å²) in [4.78, 5) is 12.0. The third-order valence-corrected chi connectivity index (χ3v) is 2.58. The third-order valence-electron chi connectivity index (χ3n) is 2.58. The van der Waals surface area contributed by atoms with Crippen molar-refractivity contribution in [1.82, 2.24) is 15.0 Å². The Bertz CT molecular complexity index is 487. The monoisotopic (exact) mass is 218 g/mol. The fourth-order valence-corrected chi connectivity index (χ4v) is 1.80. The van der Waals surface area contributed by atoms with Crippen molar-refractivity contribution in [2.45, 2.75) is 33.2 Å². The van der Waals surface area contributed by atoms with E-state index in [-0.39, 0.29) is 6.04 Å². The van der Waals surface area contributed by atoms with E-state index in [4.69, 9.17) is 5.73 Å². The lowest BCUT2D eigenvalue weighted by Gasteiger charge is -2.10. The quantitative estimate of drug-likeness (QED) is 0.830. The molecule has 1 unspecified atom stereocenters. The van der Waals surface area contributed by atoms with Crippen molar-refractivity contribution in [3.05, 3.63) is 23.7 Å². The van der Waals surface area contributed by atoms with Crippen LogP contribution in [0.15, 0.2) is 12.1 Å². The zero-order valence-electron chi connectivity index (χ0n) is 9.99. The van der Waals surface area contributed by atoms with Gasteiger partial charge in [-0.2, -0.15) is 0 Å². The Balaban J connectivity index is 2.32. The number of nitrogens with zero attached hydrogens (tertiary/aromatic N) is 2. The molecule has 3 N–H and O–H groups in total. The number of nitrogens with two attached hydrogens (primary N) is 1. The molecule has 2 rings (SSSR count). The van der Waals surface area contributed by atoms with Crippen LogP contribution in [-0.2, 0) is 0 Å². The van der Waals surface area contributed by atoms with Crippen LogP contribution < -0.4 is 5.73 Å². The van der Waals surface area contributed by atoms with Crippen molar-refractivity contribution in [2.75, 3.05) is 0 Å². The van der Waals surface area contributed by atoms with Gasteiger partial charge in [0.15, 0.2) is 5.65 Å². The number of rotatable bonds is 3. The average molecular weight is 218 g/mol. The van der Waals surface area contributed by atoms with Crippen LogP contribution in [0.3, 0.4) is 0 Å². The number of aromatic amines is 1. The third kappa shape index (κ3) is 2.22. The molecule has 0 saturated carbocycles. The summed E-state index contributed by atoms with van der Waals surface area (Å²) in [5.74, 6) is 1.40. The topological polar surface area (TPSA) is 67.6 Å². The normalized spacial score (nSPS) is 13.6. The van der Waals surface area contributed by atoms with Crippen LogP contribution in [0.1, 0.15) is 37.8 Å². The maximum Gasteiger partial charge on any atom is 0.177 e. The van der Waals surface area contributed by atoms with Crippen molar-refractivity contribution in [3.8, 4) is 0 Å². The van der Waals surface area contributed by atoms with Crippen molar-refractivity contribution in [3.63, 3.8) is 0 Å². The number of pyridine rings is 1. The van der Waals surface area contributed by atoms with Gasteiger partial charge in [-0.1, -0.05) is 13.8 Å². The van der Waals surface area contributed by atoms with Gasteiger partial charge in [-0.25, -0.2) is 9.97 Å². The van der Waals surface area contributed by atoms with Crippen LogP contribution >= 0.6 is 0 Å². The molecule has 2 aromatic heterocycles. The maximum absolute atomic E-state index is 6.08. The molecule has 0 fully saturated rings. The number of fused-ring (bicyclic) bond motifs is 1. The summed E-state index contributed by atoms with van der Waals surface area (Å²) in [7, 11) is 0. The standard InChI is InChI=1S/C12H18N4/c1-7(2)6-9(13)11-15-10-5-4-8(3)14-12(10)16-11/h4-5,7,9H,6,13H2,1-3H3,(H,14,15,16). The number of H-pyrrole nitrogens is 1. The highest BCUT2D eigenvalue weighted by atomic mass is 15.0. The van der Waals surface area contributed by atoms with Gasteiger partial charge in [0.1, 0.15) is 5.82 Å². The molecule has 0 bridgehead atoms. The van der Waals surface area contributed by atoms with Gasteiger partial charge in [0.25, 0.3) is 0 Å². The van der Waals surface area contributed by atoms with E-state index in [9.17, 15) is 0 Å². The van der Waals surface area contributed by atoms with E-state index < -0.39 is 0 Å². The number of aryl methyl sites for hydroxylation is 1. The molecule has 0 saturated heterocycles. The molecular weight excluding hydrogens is 200 g/mol. The highest BCUT2D eigenvalue weighted by molar-refractivity contribution is 5.70. The minimum absolute atomic E-state index is 0.0329. The van der Waals surface area contributed by atoms with Gasteiger partial charge in [0.05, 0.1) is 11.6 Å². The van der Waals surface area contributed by atoms with Crippen molar-refractivity contribution in [1.29, 1.82) is 0 Å². The first kappa shape index (κ1) is 11.1. The smallest absolute Gasteiger partial charge is 0.177 e. The average Bonchev–Trinajstić information content (AvgIpc) is 2.59. The van der Waals surface area contributed by atoms with E-state index in [1.807, 2.05) is 19.1 Å². The predicted molar refractivity (Wildman–Crippen MR) is 65.0 cm³/mol. The van der Waals surface area contributed by atoms with E-state index in [1.54, 1.807) is 0 Å². The summed E-state index contributed by atoms with van der Waals surface area (Å²) in [6.45, 7) is 6.28. The zero-order chi connectivity index (χ0) is 11.7.